The van der Waals surface area contributed by atoms with Crippen molar-refractivity contribution in [3.05, 3.63) is 70.9 Å². The second kappa shape index (κ2) is 9.96. The summed E-state index contributed by atoms with van der Waals surface area (Å²) in [4.78, 5) is 15.1. The standard InChI is InChI=1S/C23H24ClN3O4/c1-29-19-8-4-16(5-9-19)21(27-10-12-30-13-11-27)15-25-23(28)20-14-22(31-26-20)17-2-6-18(24)7-3-17/h2-9,14,21H,10-13,15H2,1H3,(H,25,28)/t21-/m1/s1. The molecule has 0 radical (unpaired) electrons. The molecule has 1 aromatic heterocycles. The lowest BCUT2D eigenvalue weighted by Gasteiger charge is -2.34. The number of carbonyl (C=O) groups is 1. The van der Waals surface area contributed by atoms with Gasteiger partial charge in [0.1, 0.15) is 5.75 Å². The number of halogens is 1. The van der Waals surface area contributed by atoms with E-state index in [0.29, 0.717) is 30.5 Å². The van der Waals surface area contributed by atoms with E-state index in [-0.39, 0.29) is 17.6 Å². The number of amides is 1. The quantitative estimate of drug-likeness (QED) is 0.600. The van der Waals surface area contributed by atoms with Crippen LogP contribution in [0.1, 0.15) is 22.1 Å². The Hall–Kier alpha value is -2.87. The number of ether oxygens (including phenoxy) is 2. The first-order valence-corrected chi connectivity index (χ1v) is 10.5. The first-order valence-electron chi connectivity index (χ1n) is 10.1. The number of methoxy groups -OCH3 is 1. The van der Waals surface area contributed by atoms with E-state index >= 15 is 0 Å². The number of rotatable bonds is 7. The van der Waals surface area contributed by atoms with Crippen molar-refractivity contribution < 1.29 is 18.8 Å². The Morgan fingerprint density at radius 1 is 1.16 bits per heavy atom. The molecule has 1 aliphatic rings. The molecule has 8 heteroatoms. The van der Waals surface area contributed by atoms with Gasteiger partial charge in [0.05, 0.1) is 26.4 Å². The van der Waals surface area contributed by atoms with Crippen molar-refractivity contribution in [1.82, 2.24) is 15.4 Å². The number of benzene rings is 2. The first kappa shape index (κ1) is 21.4. The molecule has 1 saturated heterocycles. The van der Waals surface area contributed by atoms with E-state index in [1.165, 1.54) is 0 Å². The van der Waals surface area contributed by atoms with Crippen LogP contribution in [0.25, 0.3) is 11.3 Å². The third-order valence-electron chi connectivity index (χ3n) is 5.31. The summed E-state index contributed by atoms with van der Waals surface area (Å²) in [5.74, 6) is 1.03. The van der Waals surface area contributed by atoms with Gasteiger partial charge in [-0.2, -0.15) is 0 Å². The molecule has 2 heterocycles. The van der Waals surface area contributed by atoms with Crippen LogP contribution in [0.4, 0.5) is 0 Å². The summed E-state index contributed by atoms with van der Waals surface area (Å²) in [6.45, 7) is 3.39. The molecule has 2 aromatic carbocycles. The van der Waals surface area contributed by atoms with Gasteiger partial charge in [0.2, 0.25) is 0 Å². The van der Waals surface area contributed by atoms with Crippen LogP contribution >= 0.6 is 11.6 Å². The number of morpholine rings is 1. The van der Waals surface area contributed by atoms with Gasteiger partial charge in [-0.3, -0.25) is 9.69 Å². The Labute approximate surface area is 185 Å². The molecule has 0 saturated carbocycles. The lowest BCUT2D eigenvalue weighted by molar-refractivity contribution is 0.0162. The number of hydrogen-bond acceptors (Lipinski definition) is 6. The van der Waals surface area contributed by atoms with E-state index in [4.69, 9.17) is 25.6 Å². The van der Waals surface area contributed by atoms with Gasteiger partial charge in [0.25, 0.3) is 5.91 Å². The number of carbonyl (C=O) groups excluding carboxylic acids is 1. The summed E-state index contributed by atoms with van der Waals surface area (Å²) in [5.41, 5.74) is 2.14. The van der Waals surface area contributed by atoms with Gasteiger partial charge in [-0.1, -0.05) is 28.9 Å². The zero-order chi connectivity index (χ0) is 21.6. The Morgan fingerprint density at radius 3 is 2.55 bits per heavy atom. The van der Waals surface area contributed by atoms with E-state index < -0.39 is 0 Å². The molecule has 1 atom stereocenters. The van der Waals surface area contributed by atoms with Crippen molar-refractivity contribution in [3.8, 4) is 17.1 Å². The lowest BCUT2D eigenvalue weighted by atomic mass is 10.0. The Morgan fingerprint density at radius 2 is 1.87 bits per heavy atom. The smallest absolute Gasteiger partial charge is 0.273 e. The van der Waals surface area contributed by atoms with Crippen LogP contribution in [-0.2, 0) is 4.74 Å². The third-order valence-corrected chi connectivity index (χ3v) is 5.57. The van der Waals surface area contributed by atoms with Crippen molar-refractivity contribution in [3.63, 3.8) is 0 Å². The van der Waals surface area contributed by atoms with Crippen molar-refractivity contribution >= 4 is 17.5 Å². The highest BCUT2D eigenvalue weighted by molar-refractivity contribution is 6.30. The van der Waals surface area contributed by atoms with Gasteiger partial charge in [0, 0.05) is 36.3 Å². The summed E-state index contributed by atoms with van der Waals surface area (Å²) in [6, 6.07) is 16.7. The zero-order valence-corrected chi connectivity index (χ0v) is 18.0. The predicted octanol–water partition coefficient (Wildman–Crippen LogP) is 3.81. The van der Waals surface area contributed by atoms with Gasteiger partial charge in [0.15, 0.2) is 11.5 Å². The van der Waals surface area contributed by atoms with Gasteiger partial charge in [-0.05, 0) is 42.0 Å². The maximum atomic E-state index is 12.7. The molecule has 31 heavy (non-hydrogen) atoms. The van der Waals surface area contributed by atoms with Crippen molar-refractivity contribution in [2.45, 2.75) is 6.04 Å². The van der Waals surface area contributed by atoms with Crippen LogP contribution < -0.4 is 10.1 Å². The molecule has 1 N–H and O–H groups in total. The molecular formula is C23H24ClN3O4. The number of hydrogen-bond donors (Lipinski definition) is 1. The Balaban J connectivity index is 1.46. The molecule has 0 aliphatic carbocycles. The van der Waals surface area contributed by atoms with Crippen LogP contribution in [0.2, 0.25) is 5.02 Å². The zero-order valence-electron chi connectivity index (χ0n) is 17.2. The number of nitrogens with one attached hydrogen (secondary N) is 1. The Bertz CT molecular complexity index is 998. The summed E-state index contributed by atoms with van der Waals surface area (Å²) in [6.07, 6.45) is 0. The fraction of sp³-hybridized carbons (Fsp3) is 0.304. The maximum Gasteiger partial charge on any atom is 0.273 e. The molecule has 3 aromatic rings. The minimum atomic E-state index is -0.282. The SMILES string of the molecule is COc1ccc([C@@H](CNC(=O)c2cc(-c3ccc(Cl)cc3)on2)N2CCOCC2)cc1. The van der Waals surface area contributed by atoms with Crippen LogP contribution in [0, 0.1) is 0 Å². The second-order valence-electron chi connectivity index (χ2n) is 7.23. The molecule has 4 rings (SSSR count). The van der Waals surface area contributed by atoms with E-state index in [1.54, 1.807) is 25.3 Å². The molecule has 0 bridgehead atoms. The average molecular weight is 442 g/mol. The van der Waals surface area contributed by atoms with Gasteiger partial charge >= 0.3 is 0 Å². The highest BCUT2D eigenvalue weighted by Gasteiger charge is 2.24. The van der Waals surface area contributed by atoms with Gasteiger partial charge < -0.3 is 19.3 Å². The number of nitrogens with zero attached hydrogens (tertiary/aromatic N) is 2. The Kier molecular flexibility index (Phi) is 6.86. The molecule has 162 valence electrons. The predicted molar refractivity (Wildman–Crippen MR) is 117 cm³/mol. The van der Waals surface area contributed by atoms with E-state index in [1.807, 2.05) is 36.4 Å². The fourth-order valence-corrected chi connectivity index (χ4v) is 3.71. The molecule has 7 nitrogen and oxygen atoms in total. The van der Waals surface area contributed by atoms with Crippen molar-refractivity contribution in [2.75, 3.05) is 40.0 Å². The summed E-state index contributed by atoms with van der Waals surface area (Å²) < 4.78 is 16.1. The molecule has 0 spiro atoms. The number of aromatic nitrogens is 1. The lowest BCUT2D eigenvalue weighted by Crippen LogP contribution is -2.43. The summed E-state index contributed by atoms with van der Waals surface area (Å²) in [7, 11) is 1.64. The van der Waals surface area contributed by atoms with Crippen LogP contribution in [-0.4, -0.2) is 55.9 Å². The van der Waals surface area contributed by atoms with Gasteiger partial charge in [-0.25, -0.2) is 0 Å². The maximum absolute atomic E-state index is 12.7. The largest absolute Gasteiger partial charge is 0.497 e. The third kappa shape index (κ3) is 5.25. The molecule has 1 amide bonds. The van der Waals surface area contributed by atoms with Gasteiger partial charge in [-0.15, -0.1) is 0 Å². The monoisotopic (exact) mass is 441 g/mol. The molecule has 0 unspecified atom stereocenters. The summed E-state index contributed by atoms with van der Waals surface area (Å²) in [5, 5.41) is 7.56. The van der Waals surface area contributed by atoms with Crippen molar-refractivity contribution in [1.29, 1.82) is 0 Å². The van der Waals surface area contributed by atoms with Crippen LogP contribution in [0.5, 0.6) is 5.75 Å². The molecule has 1 fully saturated rings. The topological polar surface area (TPSA) is 76.8 Å². The molecule has 1 aliphatic heterocycles. The second-order valence-corrected chi connectivity index (χ2v) is 7.67. The molecular weight excluding hydrogens is 418 g/mol. The minimum absolute atomic E-state index is 0.0152. The average Bonchev–Trinajstić information content (AvgIpc) is 3.31. The highest BCUT2D eigenvalue weighted by Crippen LogP contribution is 2.25. The fourth-order valence-electron chi connectivity index (χ4n) is 3.59. The summed E-state index contributed by atoms with van der Waals surface area (Å²) >= 11 is 5.93. The highest BCUT2D eigenvalue weighted by atomic mass is 35.5. The van der Waals surface area contributed by atoms with Crippen LogP contribution in [0.3, 0.4) is 0 Å². The van der Waals surface area contributed by atoms with E-state index in [9.17, 15) is 4.79 Å². The van der Waals surface area contributed by atoms with Crippen molar-refractivity contribution in [2.24, 2.45) is 0 Å². The normalized spacial score (nSPS) is 15.4. The first-order chi connectivity index (χ1) is 15.1. The van der Waals surface area contributed by atoms with E-state index in [0.717, 1.165) is 30.0 Å². The van der Waals surface area contributed by atoms with Crippen LogP contribution in [0.15, 0.2) is 59.1 Å². The van der Waals surface area contributed by atoms with E-state index in [2.05, 4.69) is 15.4 Å². The minimum Gasteiger partial charge on any atom is -0.497 e.